The van der Waals surface area contributed by atoms with Crippen LogP contribution in [0.3, 0.4) is 0 Å². The lowest BCUT2D eigenvalue weighted by atomic mass is 10.1. The van der Waals surface area contributed by atoms with Crippen molar-refractivity contribution in [2.45, 2.75) is 45.6 Å². The molecule has 2 heteroatoms. The standard InChI is InChI=1S/C14H20O2/c1-3-7-12(2)16-14(15)11-10-13-8-5-4-6-9-13/h4-6,8-9,12H,3,7,10-11H2,1-2H3. The van der Waals surface area contributed by atoms with E-state index in [9.17, 15) is 4.79 Å². The van der Waals surface area contributed by atoms with Crippen LogP contribution >= 0.6 is 0 Å². The van der Waals surface area contributed by atoms with Gasteiger partial charge in [0.25, 0.3) is 0 Å². The fraction of sp³-hybridized carbons (Fsp3) is 0.500. The third kappa shape index (κ3) is 4.96. The van der Waals surface area contributed by atoms with E-state index in [4.69, 9.17) is 4.74 Å². The number of hydrogen-bond acceptors (Lipinski definition) is 2. The Morgan fingerprint density at radius 3 is 2.62 bits per heavy atom. The van der Waals surface area contributed by atoms with Crippen LogP contribution in [0, 0.1) is 0 Å². The number of aryl methyl sites for hydroxylation is 1. The third-order valence-corrected chi connectivity index (χ3v) is 2.49. The molecular formula is C14H20O2. The van der Waals surface area contributed by atoms with Crippen LogP contribution in [0.1, 0.15) is 38.7 Å². The molecule has 0 bridgehead atoms. The third-order valence-electron chi connectivity index (χ3n) is 2.49. The number of carbonyl (C=O) groups is 1. The summed E-state index contributed by atoms with van der Waals surface area (Å²) in [7, 11) is 0. The van der Waals surface area contributed by atoms with Crippen LogP contribution < -0.4 is 0 Å². The quantitative estimate of drug-likeness (QED) is 0.687. The van der Waals surface area contributed by atoms with Gasteiger partial charge >= 0.3 is 5.97 Å². The van der Waals surface area contributed by atoms with Gasteiger partial charge in [-0.25, -0.2) is 0 Å². The largest absolute Gasteiger partial charge is 0.463 e. The van der Waals surface area contributed by atoms with E-state index in [1.54, 1.807) is 0 Å². The smallest absolute Gasteiger partial charge is 0.306 e. The highest BCUT2D eigenvalue weighted by Crippen LogP contribution is 2.06. The van der Waals surface area contributed by atoms with E-state index >= 15 is 0 Å². The van der Waals surface area contributed by atoms with Crippen LogP contribution in [0.2, 0.25) is 0 Å². The van der Waals surface area contributed by atoms with Gasteiger partial charge in [-0.3, -0.25) is 4.79 Å². The van der Waals surface area contributed by atoms with Crippen molar-refractivity contribution in [1.82, 2.24) is 0 Å². The average Bonchev–Trinajstić information content (AvgIpc) is 2.28. The zero-order valence-corrected chi connectivity index (χ0v) is 10.1. The number of esters is 1. The molecule has 0 radical (unpaired) electrons. The topological polar surface area (TPSA) is 26.3 Å². The minimum Gasteiger partial charge on any atom is -0.463 e. The predicted octanol–water partition coefficient (Wildman–Crippen LogP) is 3.35. The van der Waals surface area contributed by atoms with E-state index in [0.29, 0.717) is 6.42 Å². The number of carbonyl (C=O) groups excluding carboxylic acids is 1. The molecule has 0 aliphatic heterocycles. The first kappa shape index (κ1) is 12.8. The van der Waals surface area contributed by atoms with Crippen LogP contribution in [0.5, 0.6) is 0 Å². The summed E-state index contributed by atoms with van der Waals surface area (Å²) >= 11 is 0. The number of rotatable bonds is 6. The van der Waals surface area contributed by atoms with Crippen molar-refractivity contribution < 1.29 is 9.53 Å². The average molecular weight is 220 g/mol. The molecule has 0 heterocycles. The molecule has 0 saturated carbocycles. The molecule has 0 aliphatic rings. The summed E-state index contributed by atoms with van der Waals surface area (Å²) in [5.74, 6) is -0.0928. The van der Waals surface area contributed by atoms with Gasteiger partial charge in [-0.2, -0.15) is 0 Å². The van der Waals surface area contributed by atoms with Crippen molar-refractivity contribution >= 4 is 5.97 Å². The summed E-state index contributed by atoms with van der Waals surface area (Å²) in [5.41, 5.74) is 1.18. The number of hydrogen-bond donors (Lipinski definition) is 0. The van der Waals surface area contributed by atoms with Gasteiger partial charge in [0.05, 0.1) is 6.10 Å². The lowest BCUT2D eigenvalue weighted by Gasteiger charge is -2.11. The monoisotopic (exact) mass is 220 g/mol. The molecular weight excluding hydrogens is 200 g/mol. The van der Waals surface area contributed by atoms with Gasteiger partial charge in [-0.15, -0.1) is 0 Å². The molecule has 2 nitrogen and oxygen atoms in total. The Bertz CT molecular complexity index is 306. The van der Waals surface area contributed by atoms with Crippen LogP contribution in [0.15, 0.2) is 30.3 Å². The van der Waals surface area contributed by atoms with Crippen molar-refractivity contribution in [1.29, 1.82) is 0 Å². The molecule has 0 fully saturated rings. The second kappa shape index (κ2) is 7.04. The van der Waals surface area contributed by atoms with E-state index in [1.807, 2.05) is 37.3 Å². The van der Waals surface area contributed by atoms with Gasteiger partial charge in [-0.05, 0) is 25.3 Å². The van der Waals surface area contributed by atoms with Gasteiger partial charge in [-0.1, -0.05) is 43.7 Å². The Kier molecular flexibility index (Phi) is 5.62. The van der Waals surface area contributed by atoms with Gasteiger partial charge in [0.2, 0.25) is 0 Å². The van der Waals surface area contributed by atoms with Crippen molar-refractivity contribution in [3.8, 4) is 0 Å². The summed E-state index contributed by atoms with van der Waals surface area (Å²) in [4.78, 5) is 11.5. The maximum Gasteiger partial charge on any atom is 0.306 e. The number of ether oxygens (including phenoxy) is 1. The first-order chi connectivity index (χ1) is 7.72. The maximum absolute atomic E-state index is 11.5. The van der Waals surface area contributed by atoms with Crippen LogP contribution in [-0.2, 0) is 16.0 Å². The lowest BCUT2D eigenvalue weighted by Crippen LogP contribution is -2.14. The van der Waals surface area contributed by atoms with Crippen molar-refractivity contribution in [3.63, 3.8) is 0 Å². The van der Waals surface area contributed by atoms with E-state index < -0.39 is 0 Å². The fourth-order valence-electron chi connectivity index (χ4n) is 1.64. The van der Waals surface area contributed by atoms with Crippen LogP contribution in [0.25, 0.3) is 0 Å². The van der Waals surface area contributed by atoms with Crippen molar-refractivity contribution in [2.75, 3.05) is 0 Å². The first-order valence-electron chi connectivity index (χ1n) is 5.95. The maximum atomic E-state index is 11.5. The Morgan fingerprint density at radius 1 is 1.31 bits per heavy atom. The Labute approximate surface area is 97.6 Å². The summed E-state index contributed by atoms with van der Waals surface area (Å²) < 4.78 is 5.27. The van der Waals surface area contributed by atoms with Gasteiger partial charge in [0.15, 0.2) is 0 Å². The molecule has 0 aliphatic carbocycles. The Hall–Kier alpha value is -1.31. The Balaban J connectivity index is 2.25. The molecule has 16 heavy (non-hydrogen) atoms. The van der Waals surface area contributed by atoms with Gasteiger partial charge in [0, 0.05) is 6.42 Å². The van der Waals surface area contributed by atoms with Crippen LogP contribution in [0.4, 0.5) is 0 Å². The van der Waals surface area contributed by atoms with Crippen molar-refractivity contribution in [3.05, 3.63) is 35.9 Å². The van der Waals surface area contributed by atoms with Crippen molar-refractivity contribution in [2.24, 2.45) is 0 Å². The summed E-state index contributed by atoms with van der Waals surface area (Å²) in [6.07, 6.45) is 3.27. The van der Waals surface area contributed by atoms with E-state index in [1.165, 1.54) is 5.56 Å². The van der Waals surface area contributed by atoms with Crippen LogP contribution in [-0.4, -0.2) is 12.1 Å². The zero-order chi connectivity index (χ0) is 11.8. The summed E-state index contributed by atoms with van der Waals surface area (Å²) in [6, 6.07) is 10.0. The molecule has 0 aromatic heterocycles. The first-order valence-corrected chi connectivity index (χ1v) is 5.95. The second-order valence-electron chi connectivity index (χ2n) is 4.07. The molecule has 1 atom stereocenters. The van der Waals surface area contributed by atoms with E-state index in [0.717, 1.165) is 19.3 Å². The van der Waals surface area contributed by atoms with E-state index in [2.05, 4.69) is 6.92 Å². The molecule has 1 aromatic rings. The molecule has 0 N–H and O–H groups in total. The van der Waals surface area contributed by atoms with Gasteiger partial charge in [0.1, 0.15) is 0 Å². The SMILES string of the molecule is CCCC(C)OC(=O)CCc1ccccc1. The summed E-state index contributed by atoms with van der Waals surface area (Å²) in [6.45, 7) is 4.04. The minimum atomic E-state index is -0.0928. The molecule has 0 spiro atoms. The molecule has 1 unspecified atom stereocenters. The molecule has 1 rings (SSSR count). The highest BCUT2D eigenvalue weighted by atomic mass is 16.5. The molecule has 1 aromatic carbocycles. The number of benzene rings is 1. The normalized spacial score (nSPS) is 12.1. The predicted molar refractivity (Wildman–Crippen MR) is 65.2 cm³/mol. The minimum absolute atomic E-state index is 0.0493. The fourth-order valence-corrected chi connectivity index (χ4v) is 1.64. The summed E-state index contributed by atoms with van der Waals surface area (Å²) in [5, 5.41) is 0. The zero-order valence-electron chi connectivity index (χ0n) is 10.1. The Morgan fingerprint density at radius 2 is 2.00 bits per heavy atom. The highest BCUT2D eigenvalue weighted by molar-refractivity contribution is 5.69. The van der Waals surface area contributed by atoms with Gasteiger partial charge < -0.3 is 4.74 Å². The highest BCUT2D eigenvalue weighted by Gasteiger charge is 2.08. The van der Waals surface area contributed by atoms with E-state index in [-0.39, 0.29) is 12.1 Å². The lowest BCUT2D eigenvalue weighted by molar-refractivity contribution is -0.148. The molecule has 0 amide bonds. The molecule has 88 valence electrons. The molecule has 0 saturated heterocycles. The second-order valence-corrected chi connectivity index (χ2v) is 4.07.